The van der Waals surface area contributed by atoms with Crippen molar-refractivity contribution in [2.75, 3.05) is 0 Å². The summed E-state index contributed by atoms with van der Waals surface area (Å²) in [6, 6.07) is 0. The second-order valence-corrected chi connectivity index (χ2v) is 3.08. The van der Waals surface area contributed by atoms with Crippen LogP contribution in [0.3, 0.4) is 0 Å². The van der Waals surface area contributed by atoms with Crippen LogP contribution in [0.5, 0.6) is 0 Å². The second kappa shape index (κ2) is 6.33. The Labute approximate surface area is 73.3 Å². The van der Waals surface area contributed by atoms with Gasteiger partial charge in [0.15, 0.2) is 0 Å². The summed E-state index contributed by atoms with van der Waals surface area (Å²) in [6.07, 6.45) is 0. The van der Waals surface area contributed by atoms with E-state index in [9.17, 15) is 0 Å². The van der Waals surface area contributed by atoms with Gasteiger partial charge in [-0.3, -0.25) is 0 Å². The molecule has 11 heavy (non-hydrogen) atoms. The Hall–Kier alpha value is 0.804. The van der Waals surface area contributed by atoms with E-state index in [0.29, 0.717) is 0 Å². The van der Waals surface area contributed by atoms with E-state index < -0.39 is 15.6 Å². The first-order valence-electron chi connectivity index (χ1n) is 1.57. The quantitative estimate of drug-likeness (QED) is 0.272. The molecule has 0 aromatic heterocycles. The summed E-state index contributed by atoms with van der Waals surface area (Å²) in [7, 11) is -9.28. The van der Waals surface area contributed by atoms with Gasteiger partial charge in [0.05, 0.1) is 0 Å². The van der Waals surface area contributed by atoms with Gasteiger partial charge in [-0.1, -0.05) is 0 Å². The molecule has 0 atom stereocenters. The minimum Gasteiger partial charge on any atom is -0.303 e. The van der Waals surface area contributed by atoms with Gasteiger partial charge in [-0.15, -0.1) is 0 Å². The van der Waals surface area contributed by atoms with Gasteiger partial charge in [0.25, 0.3) is 0 Å². The van der Waals surface area contributed by atoms with Gasteiger partial charge in [-0.2, -0.15) is 0 Å². The van der Waals surface area contributed by atoms with Crippen LogP contribution in [0.4, 0.5) is 0 Å². The predicted octanol–water partition coefficient (Wildman–Crippen LogP) is -1.86. The van der Waals surface area contributed by atoms with E-state index >= 15 is 0 Å². The fourth-order valence-electron chi connectivity index (χ4n) is 0. The van der Waals surface area contributed by atoms with Crippen LogP contribution in [-0.4, -0.2) is 29.4 Å². The molecule has 0 aliphatic rings. The van der Waals surface area contributed by atoms with Crippen molar-refractivity contribution < 1.29 is 57.0 Å². The summed E-state index contributed by atoms with van der Waals surface area (Å²) >= 11 is 0. The predicted molar refractivity (Wildman–Crippen MR) is 28.5 cm³/mol. The van der Waals surface area contributed by atoms with Crippen LogP contribution in [0, 0.1) is 0 Å². The van der Waals surface area contributed by atoms with E-state index in [2.05, 4.69) is 0 Å². The minimum atomic E-state index is -4.64. The largest absolute Gasteiger partial charge is 0.466 e. The normalized spacial score (nSPS) is 10.7. The molecule has 0 aromatic carbocycles. The van der Waals surface area contributed by atoms with E-state index in [-0.39, 0.29) is 18.6 Å². The molecule has 0 heterocycles. The zero-order valence-electron chi connectivity index (χ0n) is 4.84. The molecular weight excluding hydrogens is 241 g/mol. The van der Waals surface area contributed by atoms with Crippen molar-refractivity contribution in [1.29, 1.82) is 0 Å². The third-order valence-corrected chi connectivity index (χ3v) is 0. The summed E-state index contributed by atoms with van der Waals surface area (Å²) in [4.78, 5) is 43.1. The van der Waals surface area contributed by atoms with E-state index in [0.717, 1.165) is 0 Å². The maximum Gasteiger partial charge on any atom is 0.466 e. The Morgan fingerprint density at radius 2 is 0.636 bits per heavy atom. The number of rotatable bonds is 0. The molecule has 11 heteroatoms. The maximum atomic E-state index is 8.88. The Morgan fingerprint density at radius 3 is 0.636 bits per heavy atom. The molecule has 0 saturated carbocycles. The molecule has 0 fully saturated rings. The third-order valence-electron chi connectivity index (χ3n) is 0. The molecule has 0 spiro atoms. The number of hydrogen-bond acceptors (Lipinski definition) is 2. The van der Waals surface area contributed by atoms with Gasteiger partial charge in [-0.05, 0) is 0 Å². The van der Waals surface area contributed by atoms with Crippen molar-refractivity contribution in [3.63, 3.8) is 0 Å². The second-order valence-electron chi connectivity index (χ2n) is 1.03. The third kappa shape index (κ3) is 1290. The standard InChI is InChI=1S/2H3O4P.V/c2*1-5(2,3)4;/h2*(H3,1,2,3,4);. The molecule has 69 valence electrons. The first-order valence-corrected chi connectivity index (χ1v) is 4.70. The maximum absolute atomic E-state index is 8.88. The van der Waals surface area contributed by atoms with Crippen molar-refractivity contribution >= 4 is 15.6 Å². The molecule has 8 nitrogen and oxygen atoms in total. The fraction of sp³-hybridized carbons (Fsp3) is 0. The molecule has 0 amide bonds. The molecule has 0 aliphatic carbocycles. The van der Waals surface area contributed by atoms with Crippen molar-refractivity contribution in [1.82, 2.24) is 0 Å². The van der Waals surface area contributed by atoms with E-state index in [1.54, 1.807) is 0 Å². The summed E-state index contributed by atoms with van der Waals surface area (Å²) in [5.41, 5.74) is 0. The average Bonchev–Trinajstić information content (AvgIpc) is 1.12. The minimum absolute atomic E-state index is 0. The summed E-state index contributed by atoms with van der Waals surface area (Å²) in [5, 5.41) is 0. The Morgan fingerprint density at radius 1 is 0.636 bits per heavy atom. The zero-order chi connectivity index (χ0) is 9.00. The van der Waals surface area contributed by atoms with E-state index in [1.165, 1.54) is 0 Å². The van der Waals surface area contributed by atoms with Crippen LogP contribution in [0.25, 0.3) is 0 Å². The average molecular weight is 247 g/mol. The van der Waals surface area contributed by atoms with Crippen LogP contribution < -0.4 is 0 Å². The Bertz CT molecular complexity index is 124. The number of phosphoric acid groups is 2. The molecule has 0 bridgehead atoms. The molecule has 6 N–H and O–H groups in total. The van der Waals surface area contributed by atoms with Crippen molar-refractivity contribution in [3.8, 4) is 0 Å². The van der Waals surface area contributed by atoms with Crippen molar-refractivity contribution in [2.24, 2.45) is 0 Å². The summed E-state index contributed by atoms with van der Waals surface area (Å²) in [5.74, 6) is 0. The molecule has 1 radical (unpaired) electrons. The fourth-order valence-corrected chi connectivity index (χ4v) is 0. The monoisotopic (exact) mass is 247 g/mol. The molecule has 0 rings (SSSR count). The van der Waals surface area contributed by atoms with E-state index in [1.807, 2.05) is 0 Å². The van der Waals surface area contributed by atoms with Crippen LogP contribution in [0.15, 0.2) is 0 Å². The molecule has 0 saturated heterocycles. The molecule has 0 unspecified atom stereocenters. The summed E-state index contributed by atoms with van der Waals surface area (Å²) in [6.45, 7) is 0. The smallest absolute Gasteiger partial charge is 0.303 e. The van der Waals surface area contributed by atoms with Gasteiger partial charge in [0.1, 0.15) is 0 Å². The van der Waals surface area contributed by atoms with Crippen LogP contribution in [0.2, 0.25) is 0 Å². The Balaban J connectivity index is -0.000000107. The Kier molecular flexibility index (Phi) is 10.2. The molecule has 0 aliphatic heterocycles. The number of hydrogen-bond donors (Lipinski definition) is 6. The molecular formula is H6O8P2V. The van der Waals surface area contributed by atoms with Crippen molar-refractivity contribution in [3.05, 3.63) is 0 Å². The van der Waals surface area contributed by atoms with Crippen molar-refractivity contribution in [2.45, 2.75) is 0 Å². The van der Waals surface area contributed by atoms with Gasteiger partial charge in [0, 0.05) is 18.6 Å². The molecule has 0 aromatic rings. The van der Waals surface area contributed by atoms with Crippen LogP contribution in [0.1, 0.15) is 0 Å². The van der Waals surface area contributed by atoms with Gasteiger partial charge >= 0.3 is 15.6 Å². The van der Waals surface area contributed by atoms with Gasteiger partial charge < -0.3 is 29.4 Å². The zero-order valence-corrected chi connectivity index (χ0v) is 8.03. The van der Waals surface area contributed by atoms with Gasteiger partial charge in [0.2, 0.25) is 0 Å². The topological polar surface area (TPSA) is 156 Å². The van der Waals surface area contributed by atoms with Crippen LogP contribution >= 0.6 is 15.6 Å². The van der Waals surface area contributed by atoms with Gasteiger partial charge in [-0.25, -0.2) is 9.13 Å². The van der Waals surface area contributed by atoms with E-state index in [4.69, 9.17) is 38.5 Å². The summed E-state index contributed by atoms with van der Waals surface area (Å²) < 4.78 is 17.8. The first-order chi connectivity index (χ1) is 4.00. The SMILES string of the molecule is O=P(O)(O)O.O=P(O)(O)O.[V]. The first kappa shape index (κ1) is 17.8. The van der Waals surface area contributed by atoms with Crippen LogP contribution in [-0.2, 0) is 27.7 Å².